The van der Waals surface area contributed by atoms with Crippen LogP contribution >= 0.6 is 11.6 Å². The molecule has 2 aromatic rings. The van der Waals surface area contributed by atoms with Gasteiger partial charge >= 0.3 is 12.3 Å². The van der Waals surface area contributed by atoms with E-state index in [2.05, 4.69) is 10.6 Å². The molecule has 0 bridgehead atoms. The molecule has 2 saturated heterocycles. The number of alkyl halides is 3. The predicted molar refractivity (Wildman–Crippen MR) is 145 cm³/mol. The molecule has 2 aromatic carbocycles. The summed E-state index contributed by atoms with van der Waals surface area (Å²) in [6.07, 6.45) is -5.98. The van der Waals surface area contributed by atoms with Crippen LogP contribution in [0.3, 0.4) is 0 Å². The molecule has 3 N–H and O–H groups in total. The molecule has 0 aliphatic carbocycles. The van der Waals surface area contributed by atoms with Gasteiger partial charge in [0, 0.05) is 62.9 Å². The maximum absolute atomic E-state index is 15.0. The van der Waals surface area contributed by atoms with E-state index in [-0.39, 0.29) is 37.4 Å². The Kier molecular flexibility index (Phi) is 9.77. The van der Waals surface area contributed by atoms with Gasteiger partial charge in [0.1, 0.15) is 0 Å². The maximum atomic E-state index is 15.0. The van der Waals surface area contributed by atoms with Crippen molar-refractivity contribution in [2.24, 2.45) is 5.92 Å². The number of piperazine rings is 1. The lowest BCUT2D eigenvalue weighted by Gasteiger charge is -2.37. The van der Waals surface area contributed by atoms with Crippen molar-refractivity contribution in [2.75, 3.05) is 56.0 Å². The number of carbonyl (C=O) groups is 3. The van der Waals surface area contributed by atoms with E-state index in [1.54, 1.807) is 11.0 Å². The van der Waals surface area contributed by atoms with Crippen molar-refractivity contribution < 1.29 is 41.4 Å². The van der Waals surface area contributed by atoms with Gasteiger partial charge in [0.2, 0.25) is 5.91 Å². The lowest BCUT2D eigenvalue weighted by Crippen LogP contribution is -2.47. The zero-order valence-corrected chi connectivity index (χ0v) is 23.1. The molecule has 2 aliphatic rings. The van der Waals surface area contributed by atoms with Crippen molar-refractivity contribution in [1.82, 2.24) is 15.1 Å². The van der Waals surface area contributed by atoms with E-state index in [0.717, 1.165) is 11.0 Å². The highest BCUT2D eigenvalue weighted by molar-refractivity contribution is 6.31. The molecule has 228 valence electrons. The van der Waals surface area contributed by atoms with Crippen LogP contribution in [0, 0.1) is 17.6 Å². The van der Waals surface area contributed by atoms with Gasteiger partial charge in [0.05, 0.1) is 29.3 Å². The van der Waals surface area contributed by atoms with Crippen molar-refractivity contribution in [3.05, 3.63) is 58.1 Å². The normalized spacial score (nSPS) is 17.8. The number of amides is 3. The summed E-state index contributed by atoms with van der Waals surface area (Å²) in [5, 5.41) is 14.4. The van der Waals surface area contributed by atoms with Gasteiger partial charge in [-0.3, -0.25) is 14.5 Å². The Morgan fingerprint density at radius 1 is 1.00 bits per heavy atom. The molecule has 4 rings (SSSR count). The Bertz CT molecular complexity index is 1340. The topological polar surface area (TPSA) is 105 Å². The molecular formula is C27H29ClF5N5O4. The minimum Gasteiger partial charge on any atom is -0.465 e. The number of carbonyl (C=O) groups excluding carboxylic acids is 2. The molecule has 42 heavy (non-hydrogen) atoms. The van der Waals surface area contributed by atoms with Crippen LogP contribution in [0.4, 0.5) is 38.1 Å². The van der Waals surface area contributed by atoms with Crippen LogP contribution in [0.1, 0.15) is 28.8 Å². The van der Waals surface area contributed by atoms with Gasteiger partial charge in [-0.05, 0) is 30.7 Å². The van der Waals surface area contributed by atoms with Gasteiger partial charge in [-0.25, -0.2) is 13.6 Å². The third kappa shape index (κ3) is 7.79. The second-order valence-electron chi connectivity index (χ2n) is 10.1. The van der Waals surface area contributed by atoms with Gasteiger partial charge in [-0.2, -0.15) is 13.2 Å². The molecule has 2 fully saturated rings. The lowest BCUT2D eigenvalue weighted by molar-refractivity contribution is -0.138. The first-order valence-electron chi connectivity index (χ1n) is 13.2. The van der Waals surface area contributed by atoms with Crippen molar-refractivity contribution in [1.29, 1.82) is 0 Å². The highest BCUT2D eigenvalue weighted by Gasteiger charge is 2.31. The Morgan fingerprint density at radius 2 is 1.71 bits per heavy atom. The van der Waals surface area contributed by atoms with E-state index in [4.69, 9.17) is 16.7 Å². The average Bonchev–Trinajstić information content (AvgIpc) is 3.44. The molecule has 15 heteroatoms. The number of nitrogens with zero attached hydrogens (tertiary/aromatic N) is 3. The number of benzene rings is 2. The molecule has 0 radical (unpaired) electrons. The highest BCUT2D eigenvalue weighted by atomic mass is 35.5. The number of anilines is 2. The number of halogens is 6. The van der Waals surface area contributed by atoms with Crippen LogP contribution in [-0.2, 0) is 11.3 Å². The zero-order valence-electron chi connectivity index (χ0n) is 22.3. The fourth-order valence-electron chi connectivity index (χ4n) is 4.94. The second kappa shape index (κ2) is 13.1. The van der Waals surface area contributed by atoms with Crippen LogP contribution in [-0.4, -0.2) is 84.8 Å². The largest absolute Gasteiger partial charge is 0.465 e. The van der Waals surface area contributed by atoms with Crippen molar-refractivity contribution in [2.45, 2.75) is 25.6 Å². The number of hydrogen-bond acceptors (Lipinski definition) is 5. The van der Waals surface area contributed by atoms with E-state index in [1.807, 2.05) is 4.90 Å². The Labute approximate surface area is 243 Å². The minimum atomic E-state index is -4.25. The summed E-state index contributed by atoms with van der Waals surface area (Å²) in [5.74, 6) is -4.75. The lowest BCUT2D eigenvalue weighted by atomic mass is 10.1. The third-order valence-electron chi connectivity index (χ3n) is 7.32. The summed E-state index contributed by atoms with van der Waals surface area (Å²) in [6, 6.07) is 6.84. The molecule has 0 aromatic heterocycles. The van der Waals surface area contributed by atoms with Crippen molar-refractivity contribution >= 4 is 40.9 Å². The van der Waals surface area contributed by atoms with E-state index in [0.29, 0.717) is 43.3 Å². The fraction of sp³-hybridized carbons (Fsp3) is 0.444. The van der Waals surface area contributed by atoms with Crippen LogP contribution in [0.25, 0.3) is 0 Å². The third-order valence-corrected chi connectivity index (χ3v) is 7.56. The predicted octanol–water partition coefficient (Wildman–Crippen LogP) is 4.56. The van der Waals surface area contributed by atoms with Crippen LogP contribution in [0.5, 0.6) is 0 Å². The Hall–Kier alpha value is -3.65. The number of rotatable bonds is 8. The molecule has 9 nitrogen and oxygen atoms in total. The van der Waals surface area contributed by atoms with E-state index >= 15 is 0 Å². The summed E-state index contributed by atoms with van der Waals surface area (Å²) in [4.78, 5) is 41.0. The summed E-state index contributed by atoms with van der Waals surface area (Å²) in [7, 11) is 0. The van der Waals surface area contributed by atoms with Gasteiger partial charge in [-0.1, -0.05) is 17.7 Å². The number of nitrogens with one attached hydrogen (secondary N) is 2. The van der Waals surface area contributed by atoms with Gasteiger partial charge in [0.25, 0.3) is 5.91 Å². The molecule has 0 saturated carbocycles. The maximum Gasteiger partial charge on any atom is 0.407 e. The highest BCUT2D eigenvalue weighted by Crippen LogP contribution is 2.31. The second-order valence-corrected chi connectivity index (χ2v) is 10.6. The molecular weight excluding hydrogens is 589 g/mol. The molecule has 2 aliphatic heterocycles. The summed E-state index contributed by atoms with van der Waals surface area (Å²) in [6.45, 7) is 1.16. The van der Waals surface area contributed by atoms with E-state index < -0.39 is 53.6 Å². The average molecular weight is 618 g/mol. The Balaban J connectivity index is 1.39. The molecule has 1 unspecified atom stereocenters. The van der Waals surface area contributed by atoms with Crippen molar-refractivity contribution in [3.63, 3.8) is 0 Å². The molecule has 2 heterocycles. The van der Waals surface area contributed by atoms with E-state index in [1.165, 1.54) is 18.2 Å². The van der Waals surface area contributed by atoms with Gasteiger partial charge in [0.15, 0.2) is 11.6 Å². The first-order valence-corrected chi connectivity index (χ1v) is 13.6. The minimum absolute atomic E-state index is 0.0115. The molecule has 0 spiro atoms. The first kappa shape index (κ1) is 31.3. The van der Waals surface area contributed by atoms with Crippen LogP contribution in [0.15, 0.2) is 30.3 Å². The zero-order chi connectivity index (χ0) is 30.6. The summed E-state index contributed by atoms with van der Waals surface area (Å²) >= 11 is 6.15. The number of likely N-dealkylation sites (tertiary alicyclic amines) is 1. The molecule has 3 amide bonds. The monoisotopic (exact) mass is 617 g/mol. The van der Waals surface area contributed by atoms with Crippen LogP contribution < -0.4 is 15.5 Å². The number of hydrogen-bond donors (Lipinski definition) is 3. The number of carboxylic acid groups (broad SMARTS) is 1. The SMILES string of the molecule is O=C(Nc1ccc(Cl)cc1N1CCN(CCC(F)(F)F)CC1)c1ccc(CNC(=O)C2CCN(C(=O)O)C2)c(F)c1F. The molecule has 1 atom stereocenters. The van der Waals surface area contributed by atoms with Crippen molar-refractivity contribution in [3.8, 4) is 0 Å². The summed E-state index contributed by atoms with van der Waals surface area (Å²) < 4.78 is 67.5. The first-order chi connectivity index (χ1) is 19.8. The Morgan fingerprint density at radius 3 is 2.36 bits per heavy atom. The fourth-order valence-corrected chi connectivity index (χ4v) is 5.10. The summed E-state index contributed by atoms with van der Waals surface area (Å²) in [5.41, 5.74) is -0.0226. The van der Waals surface area contributed by atoms with Gasteiger partial charge in [-0.15, -0.1) is 0 Å². The standard InChI is InChI=1S/C27H29ClF5N5O4/c28-18-2-4-20(21(13-18)37-11-9-36(10-12-37)8-6-27(31,32)33)35-25(40)19-3-1-16(22(29)23(19)30)14-34-24(39)17-5-7-38(15-17)26(41)42/h1-4,13,17H,5-12,14-15H2,(H,34,39)(H,35,40)(H,41,42). The van der Waals surface area contributed by atoms with Crippen LogP contribution in [0.2, 0.25) is 5.02 Å². The quantitative estimate of drug-likeness (QED) is 0.375. The van der Waals surface area contributed by atoms with Gasteiger partial charge < -0.3 is 25.5 Å². The van der Waals surface area contributed by atoms with E-state index in [9.17, 15) is 36.3 Å². The smallest absolute Gasteiger partial charge is 0.407 e.